The van der Waals surface area contributed by atoms with Gasteiger partial charge in [-0.3, -0.25) is 9.59 Å². The van der Waals surface area contributed by atoms with Crippen LogP contribution in [0.25, 0.3) is 0 Å². The SMILES string of the molecule is CCCCCC/C=C/CCCC(=O)C1=C(O)[C@@H]2CCCN2C1=O. The van der Waals surface area contributed by atoms with Crippen LogP contribution in [0.5, 0.6) is 0 Å². The van der Waals surface area contributed by atoms with Crippen molar-refractivity contribution in [1.29, 1.82) is 0 Å². The number of hydrogen-bond acceptors (Lipinski definition) is 3. The van der Waals surface area contributed by atoms with Gasteiger partial charge in [-0.15, -0.1) is 0 Å². The Kier molecular flexibility index (Phi) is 6.87. The van der Waals surface area contributed by atoms with Crippen LogP contribution in [0.4, 0.5) is 0 Å². The maximum atomic E-state index is 12.2. The van der Waals surface area contributed by atoms with Crippen LogP contribution in [-0.2, 0) is 9.59 Å². The summed E-state index contributed by atoms with van der Waals surface area (Å²) in [5.74, 6) is -0.441. The zero-order chi connectivity index (χ0) is 16.7. The lowest BCUT2D eigenvalue weighted by atomic mass is 10.0. The number of hydrogen-bond donors (Lipinski definition) is 1. The Morgan fingerprint density at radius 3 is 2.65 bits per heavy atom. The molecule has 2 aliphatic rings. The highest BCUT2D eigenvalue weighted by molar-refractivity contribution is 6.21. The first-order valence-electron chi connectivity index (χ1n) is 9.09. The maximum Gasteiger partial charge on any atom is 0.261 e. The summed E-state index contributed by atoms with van der Waals surface area (Å²) in [5, 5.41) is 10.1. The fourth-order valence-electron chi connectivity index (χ4n) is 3.41. The molecule has 23 heavy (non-hydrogen) atoms. The molecule has 2 aliphatic heterocycles. The van der Waals surface area contributed by atoms with Crippen LogP contribution < -0.4 is 0 Å². The van der Waals surface area contributed by atoms with E-state index in [9.17, 15) is 14.7 Å². The largest absolute Gasteiger partial charge is 0.509 e. The van der Waals surface area contributed by atoms with Crippen molar-refractivity contribution in [3.8, 4) is 0 Å². The van der Waals surface area contributed by atoms with E-state index in [1.807, 2.05) is 0 Å². The monoisotopic (exact) mass is 319 g/mol. The third kappa shape index (κ3) is 4.46. The molecule has 4 nitrogen and oxygen atoms in total. The molecule has 0 saturated carbocycles. The van der Waals surface area contributed by atoms with Crippen molar-refractivity contribution in [2.24, 2.45) is 0 Å². The molecule has 128 valence electrons. The number of carbonyl (C=O) groups is 2. The van der Waals surface area contributed by atoms with Crippen molar-refractivity contribution >= 4 is 11.7 Å². The second-order valence-electron chi connectivity index (χ2n) is 6.55. The molecule has 0 bridgehead atoms. The molecule has 0 aliphatic carbocycles. The first kappa shape index (κ1) is 17.8. The summed E-state index contributed by atoms with van der Waals surface area (Å²) in [7, 11) is 0. The van der Waals surface area contributed by atoms with Crippen LogP contribution in [0.1, 0.15) is 71.1 Å². The third-order valence-corrected chi connectivity index (χ3v) is 4.74. The molecule has 1 fully saturated rings. The molecular weight excluding hydrogens is 290 g/mol. The number of aliphatic hydroxyl groups excluding tert-OH is 1. The van der Waals surface area contributed by atoms with Crippen molar-refractivity contribution in [1.82, 2.24) is 4.90 Å². The molecule has 1 N–H and O–H groups in total. The van der Waals surface area contributed by atoms with E-state index in [0.717, 1.165) is 32.1 Å². The molecule has 0 aromatic rings. The lowest BCUT2D eigenvalue weighted by Gasteiger charge is -2.14. The smallest absolute Gasteiger partial charge is 0.261 e. The number of unbranched alkanes of at least 4 members (excludes halogenated alkanes) is 5. The van der Waals surface area contributed by atoms with Crippen LogP contribution in [0, 0.1) is 0 Å². The molecule has 0 aromatic heterocycles. The summed E-state index contributed by atoms with van der Waals surface area (Å²) in [4.78, 5) is 26.0. The molecule has 0 spiro atoms. The Bertz CT molecular complexity index is 493. The van der Waals surface area contributed by atoms with Crippen molar-refractivity contribution in [2.45, 2.75) is 77.2 Å². The molecule has 2 rings (SSSR count). The molecule has 0 aromatic carbocycles. The highest BCUT2D eigenvalue weighted by Crippen LogP contribution is 2.33. The van der Waals surface area contributed by atoms with Gasteiger partial charge in [0.15, 0.2) is 5.78 Å². The molecule has 1 atom stereocenters. The summed E-state index contributed by atoms with van der Waals surface area (Å²) in [6.45, 7) is 2.87. The highest BCUT2D eigenvalue weighted by atomic mass is 16.3. The number of amides is 1. The Morgan fingerprint density at radius 1 is 1.22 bits per heavy atom. The normalized spacial score (nSPS) is 20.8. The quantitative estimate of drug-likeness (QED) is 0.375. The lowest BCUT2D eigenvalue weighted by Crippen LogP contribution is -2.30. The van der Waals surface area contributed by atoms with E-state index in [1.165, 1.54) is 25.7 Å². The molecule has 4 heteroatoms. The molecule has 0 unspecified atom stereocenters. The van der Waals surface area contributed by atoms with E-state index in [1.54, 1.807) is 4.90 Å². The second-order valence-corrected chi connectivity index (χ2v) is 6.55. The molecule has 1 amide bonds. The average molecular weight is 319 g/mol. The summed E-state index contributed by atoms with van der Waals surface area (Å²) in [6, 6.07) is -0.232. The van der Waals surface area contributed by atoms with E-state index in [0.29, 0.717) is 13.0 Å². The van der Waals surface area contributed by atoms with Crippen molar-refractivity contribution < 1.29 is 14.7 Å². The number of allylic oxidation sites excluding steroid dienone is 2. The fraction of sp³-hybridized carbons (Fsp3) is 0.684. The minimum absolute atomic E-state index is 0.0176. The van der Waals surface area contributed by atoms with E-state index in [-0.39, 0.29) is 29.1 Å². The number of aliphatic hydroxyl groups is 1. The topological polar surface area (TPSA) is 57.6 Å². The van der Waals surface area contributed by atoms with E-state index in [2.05, 4.69) is 19.1 Å². The Labute approximate surface area is 139 Å². The summed E-state index contributed by atoms with van der Waals surface area (Å²) >= 11 is 0. The second kappa shape index (κ2) is 8.90. The predicted molar refractivity (Wildman–Crippen MR) is 91.1 cm³/mol. The van der Waals surface area contributed by atoms with Gasteiger partial charge in [0.2, 0.25) is 0 Å². The minimum Gasteiger partial charge on any atom is -0.509 e. The summed E-state index contributed by atoms with van der Waals surface area (Å²) < 4.78 is 0. The minimum atomic E-state index is -0.263. The van der Waals surface area contributed by atoms with Gasteiger partial charge in [-0.05, 0) is 38.5 Å². The van der Waals surface area contributed by atoms with Crippen molar-refractivity contribution in [2.75, 3.05) is 6.54 Å². The van der Waals surface area contributed by atoms with Gasteiger partial charge in [0.05, 0.1) is 6.04 Å². The zero-order valence-electron chi connectivity index (χ0n) is 14.2. The van der Waals surface area contributed by atoms with E-state index in [4.69, 9.17) is 0 Å². The van der Waals surface area contributed by atoms with Gasteiger partial charge in [0.1, 0.15) is 11.3 Å². The first-order chi connectivity index (χ1) is 11.2. The highest BCUT2D eigenvalue weighted by Gasteiger charge is 2.44. The standard InChI is InChI=1S/C19H29NO3/c1-2-3-4-5-6-7-8-9-10-13-16(21)17-18(22)15-12-11-14-20(15)19(17)23/h7-8,15,22H,2-6,9-14H2,1H3/b8-7+/t15-/m0/s1. The number of Topliss-reactive ketones (excluding diaryl/α,β-unsaturated/α-hetero) is 1. The molecule has 1 saturated heterocycles. The van der Waals surface area contributed by atoms with Gasteiger partial charge in [-0.25, -0.2) is 0 Å². The number of fused-ring (bicyclic) bond motifs is 1. The molecular formula is C19H29NO3. The van der Waals surface area contributed by atoms with Crippen LogP contribution in [0.3, 0.4) is 0 Å². The summed E-state index contributed by atoms with van der Waals surface area (Å²) in [5.41, 5.74) is 0.0539. The Hall–Kier alpha value is -1.58. The van der Waals surface area contributed by atoms with Gasteiger partial charge in [0, 0.05) is 13.0 Å². The van der Waals surface area contributed by atoms with E-state index < -0.39 is 0 Å². The van der Waals surface area contributed by atoms with E-state index >= 15 is 0 Å². The van der Waals surface area contributed by atoms with Crippen LogP contribution in [-0.4, -0.2) is 34.3 Å². The van der Waals surface area contributed by atoms with Crippen LogP contribution >= 0.6 is 0 Å². The Morgan fingerprint density at radius 2 is 1.96 bits per heavy atom. The van der Waals surface area contributed by atoms with Crippen molar-refractivity contribution in [3.63, 3.8) is 0 Å². The predicted octanol–water partition coefficient (Wildman–Crippen LogP) is 4.07. The van der Waals surface area contributed by atoms with Gasteiger partial charge in [-0.2, -0.15) is 0 Å². The number of carbonyl (C=O) groups excluding carboxylic acids is 2. The van der Waals surface area contributed by atoms with Gasteiger partial charge < -0.3 is 10.0 Å². The van der Waals surface area contributed by atoms with Gasteiger partial charge in [-0.1, -0.05) is 38.3 Å². The maximum absolute atomic E-state index is 12.2. The number of ketones is 1. The van der Waals surface area contributed by atoms with Crippen LogP contribution in [0.2, 0.25) is 0 Å². The fourth-order valence-corrected chi connectivity index (χ4v) is 3.41. The van der Waals surface area contributed by atoms with Crippen LogP contribution in [0.15, 0.2) is 23.5 Å². The number of nitrogens with zero attached hydrogens (tertiary/aromatic N) is 1. The first-order valence-corrected chi connectivity index (χ1v) is 9.09. The Balaban J connectivity index is 1.68. The summed E-state index contributed by atoms with van der Waals surface area (Å²) in [6.07, 6.45) is 14.1. The number of rotatable bonds is 10. The molecule has 0 radical (unpaired) electrons. The van der Waals surface area contributed by atoms with Crippen molar-refractivity contribution in [3.05, 3.63) is 23.5 Å². The lowest BCUT2D eigenvalue weighted by molar-refractivity contribution is -0.128. The van der Waals surface area contributed by atoms with Gasteiger partial charge in [0.25, 0.3) is 5.91 Å². The molecule has 2 heterocycles. The zero-order valence-corrected chi connectivity index (χ0v) is 14.2. The average Bonchev–Trinajstić information content (AvgIpc) is 3.10. The van der Waals surface area contributed by atoms with Gasteiger partial charge >= 0.3 is 0 Å². The third-order valence-electron chi connectivity index (χ3n) is 4.74.